The summed E-state index contributed by atoms with van der Waals surface area (Å²) < 4.78 is 1.01. The van der Waals surface area contributed by atoms with Crippen LogP contribution < -0.4 is 5.73 Å². The van der Waals surface area contributed by atoms with E-state index in [4.69, 9.17) is 10.7 Å². The molecule has 1 fully saturated rings. The number of hydrogen-bond acceptors (Lipinski definition) is 4. The topological polar surface area (TPSA) is 51.8 Å². The summed E-state index contributed by atoms with van der Waals surface area (Å²) in [5.41, 5.74) is 7.05. The van der Waals surface area contributed by atoms with Crippen LogP contribution in [0.25, 0.3) is 0 Å². The first kappa shape index (κ1) is 12.4. The van der Waals surface area contributed by atoms with Crippen LogP contribution in [0.5, 0.6) is 0 Å². The van der Waals surface area contributed by atoms with Crippen LogP contribution in [-0.2, 0) is 0 Å². The Balaban J connectivity index is 2.39. The van der Waals surface area contributed by atoms with Crippen LogP contribution in [0.2, 0.25) is 0 Å². The molecule has 2 N–H and O–H groups in total. The standard InChI is InChI=1S/C11H16IN3S/c1-6(2)9-8(12)10(13)15-11(14-9)7-4-3-5-16-7/h6-7H,3-5H2,1-2H3,(H2,13,14,15). The number of halogens is 1. The first-order valence-electron chi connectivity index (χ1n) is 5.54. The third-order valence-electron chi connectivity index (χ3n) is 2.68. The lowest BCUT2D eigenvalue weighted by atomic mass is 10.1. The fraction of sp³-hybridized carbons (Fsp3) is 0.636. The van der Waals surface area contributed by atoms with E-state index in [-0.39, 0.29) is 0 Å². The number of nitrogens with zero attached hydrogens (tertiary/aromatic N) is 2. The van der Waals surface area contributed by atoms with Crippen LogP contribution >= 0.6 is 34.4 Å². The predicted octanol–water partition coefficient (Wildman–Crippen LogP) is 3.35. The first-order valence-corrected chi connectivity index (χ1v) is 7.66. The minimum Gasteiger partial charge on any atom is -0.383 e. The van der Waals surface area contributed by atoms with Crippen LogP contribution in [0.1, 0.15) is 49.4 Å². The zero-order chi connectivity index (χ0) is 11.7. The van der Waals surface area contributed by atoms with Crippen LogP contribution in [-0.4, -0.2) is 15.7 Å². The van der Waals surface area contributed by atoms with Crippen LogP contribution in [0.4, 0.5) is 5.82 Å². The van der Waals surface area contributed by atoms with Gasteiger partial charge in [-0.25, -0.2) is 9.97 Å². The molecule has 1 aromatic heterocycles. The monoisotopic (exact) mass is 349 g/mol. The lowest BCUT2D eigenvalue weighted by Gasteiger charge is -2.14. The molecule has 1 aromatic rings. The second-order valence-electron chi connectivity index (χ2n) is 4.32. The highest BCUT2D eigenvalue weighted by atomic mass is 127. The van der Waals surface area contributed by atoms with Gasteiger partial charge in [0.2, 0.25) is 0 Å². The molecular formula is C11H16IN3S. The molecule has 0 spiro atoms. The maximum absolute atomic E-state index is 5.96. The van der Waals surface area contributed by atoms with Crippen LogP contribution in [0.3, 0.4) is 0 Å². The van der Waals surface area contributed by atoms with E-state index < -0.39 is 0 Å². The zero-order valence-corrected chi connectivity index (χ0v) is 12.5. The molecule has 1 saturated heterocycles. The van der Waals surface area contributed by atoms with Crippen molar-refractivity contribution in [3.05, 3.63) is 15.1 Å². The predicted molar refractivity (Wildman–Crippen MR) is 77.7 cm³/mol. The molecule has 5 heteroatoms. The average Bonchev–Trinajstić information content (AvgIpc) is 2.74. The lowest BCUT2D eigenvalue weighted by molar-refractivity contribution is 0.737. The Bertz CT molecular complexity index is 389. The maximum atomic E-state index is 5.96. The molecule has 2 heterocycles. The number of hydrogen-bond donors (Lipinski definition) is 1. The van der Waals surface area contributed by atoms with Crippen LogP contribution in [0.15, 0.2) is 0 Å². The second-order valence-corrected chi connectivity index (χ2v) is 6.71. The Kier molecular flexibility index (Phi) is 3.94. The molecule has 1 aliphatic heterocycles. The number of rotatable bonds is 2. The fourth-order valence-corrected chi connectivity index (χ4v) is 3.88. The zero-order valence-electron chi connectivity index (χ0n) is 9.53. The maximum Gasteiger partial charge on any atom is 0.144 e. The Labute approximate surface area is 114 Å². The summed E-state index contributed by atoms with van der Waals surface area (Å²) in [7, 11) is 0. The van der Waals surface area contributed by atoms with Gasteiger partial charge in [-0.15, -0.1) is 0 Å². The van der Waals surface area contributed by atoms with Gasteiger partial charge in [0, 0.05) is 0 Å². The van der Waals surface area contributed by atoms with Crippen molar-refractivity contribution in [2.45, 2.75) is 37.9 Å². The molecule has 0 aliphatic carbocycles. The van der Waals surface area contributed by atoms with Gasteiger partial charge in [-0.3, -0.25) is 0 Å². The van der Waals surface area contributed by atoms with E-state index in [9.17, 15) is 0 Å². The summed E-state index contributed by atoms with van der Waals surface area (Å²) in [5, 5.41) is 0.455. The number of aromatic nitrogens is 2. The van der Waals surface area contributed by atoms with Gasteiger partial charge in [-0.05, 0) is 47.1 Å². The van der Waals surface area contributed by atoms with Crippen molar-refractivity contribution in [3.8, 4) is 0 Å². The van der Waals surface area contributed by atoms with Crippen molar-refractivity contribution in [1.29, 1.82) is 0 Å². The molecule has 1 aliphatic rings. The van der Waals surface area contributed by atoms with Crippen LogP contribution in [0, 0.1) is 3.57 Å². The average molecular weight is 349 g/mol. The second kappa shape index (κ2) is 5.08. The van der Waals surface area contributed by atoms with Gasteiger partial charge in [0.1, 0.15) is 11.6 Å². The summed E-state index contributed by atoms with van der Waals surface area (Å²) in [6.07, 6.45) is 2.45. The molecule has 2 rings (SSSR count). The number of anilines is 1. The Morgan fingerprint density at radius 2 is 2.19 bits per heavy atom. The minimum atomic E-state index is 0.405. The molecule has 16 heavy (non-hydrogen) atoms. The third kappa shape index (κ3) is 2.45. The van der Waals surface area contributed by atoms with E-state index in [1.807, 2.05) is 11.8 Å². The summed E-state index contributed by atoms with van der Waals surface area (Å²) in [5.74, 6) is 3.20. The molecule has 0 saturated carbocycles. The van der Waals surface area contributed by atoms with Crippen molar-refractivity contribution in [2.24, 2.45) is 0 Å². The van der Waals surface area contributed by atoms with E-state index >= 15 is 0 Å². The van der Waals surface area contributed by atoms with E-state index in [1.54, 1.807) is 0 Å². The van der Waals surface area contributed by atoms with Gasteiger partial charge >= 0.3 is 0 Å². The van der Waals surface area contributed by atoms with Gasteiger partial charge in [-0.2, -0.15) is 11.8 Å². The molecule has 0 bridgehead atoms. The Hall–Kier alpha value is -0.0400. The van der Waals surface area contributed by atoms with Gasteiger partial charge in [-0.1, -0.05) is 13.8 Å². The van der Waals surface area contributed by atoms with Crippen molar-refractivity contribution >= 4 is 40.2 Å². The Morgan fingerprint density at radius 3 is 2.75 bits per heavy atom. The number of nitrogens with two attached hydrogens (primary N) is 1. The van der Waals surface area contributed by atoms with Crippen molar-refractivity contribution in [2.75, 3.05) is 11.5 Å². The SMILES string of the molecule is CC(C)c1nc(C2CCCS2)nc(N)c1I. The van der Waals surface area contributed by atoms with E-state index in [2.05, 4.69) is 41.4 Å². The normalized spacial score (nSPS) is 20.6. The first-order chi connectivity index (χ1) is 7.59. The highest BCUT2D eigenvalue weighted by Crippen LogP contribution is 2.39. The molecule has 0 radical (unpaired) electrons. The summed E-state index contributed by atoms with van der Waals surface area (Å²) in [6, 6.07) is 0. The van der Waals surface area contributed by atoms with Crippen molar-refractivity contribution < 1.29 is 0 Å². The lowest BCUT2D eigenvalue weighted by Crippen LogP contribution is -2.09. The number of nitrogen functional groups attached to an aromatic ring is 1. The summed E-state index contributed by atoms with van der Waals surface area (Å²) in [4.78, 5) is 9.13. The van der Waals surface area contributed by atoms with Gasteiger partial charge in [0.25, 0.3) is 0 Å². The summed E-state index contributed by atoms with van der Waals surface area (Å²) in [6.45, 7) is 4.30. The number of thioether (sulfide) groups is 1. The van der Waals surface area contributed by atoms with Gasteiger partial charge in [0.05, 0.1) is 14.5 Å². The quantitative estimate of drug-likeness (QED) is 0.832. The minimum absolute atomic E-state index is 0.405. The largest absolute Gasteiger partial charge is 0.383 e. The van der Waals surface area contributed by atoms with Gasteiger partial charge < -0.3 is 5.73 Å². The van der Waals surface area contributed by atoms with E-state index in [0.717, 1.165) is 15.1 Å². The van der Waals surface area contributed by atoms with Crippen molar-refractivity contribution in [3.63, 3.8) is 0 Å². The molecule has 1 unspecified atom stereocenters. The molecular weight excluding hydrogens is 333 g/mol. The Morgan fingerprint density at radius 1 is 1.44 bits per heavy atom. The molecule has 3 nitrogen and oxygen atoms in total. The third-order valence-corrected chi connectivity index (χ3v) is 5.16. The summed E-state index contributed by atoms with van der Waals surface area (Å²) >= 11 is 4.19. The molecule has 0 amide bonds. The fourth-order valence-electron chi connectivity index (χ4n) is 1.81. The highest BCUT2D eigenvalue weighted by molar-refractivity contribution is 14.1. The van der Waals surface area contributed by atoms with Gasteiger partial charge in [0.15, 0.2) is 0 Å². The van der Waals surface area contributed by atoms with E-state index in [0.29, 0.717) is 17.0 Å². The molecule has 1 atom stereocenters. The highest BCUT2D eigenvalue weighted by Gasteiger charge is 2.23. The molecule has 88 valence electrons. The molecule has 0 aromatic carbocycles. The smallest absolute Gasteiger partial charge is 0.144 e. The van der Waals surface area contributed by atoms with Crippen molar-refractivity contribution in [1.82, 2.24) is 9.97 Å². The van der Waals surface area contributed by atoms with E-state index in [1.165, 1.54) is 18.6 Å².